The highest BCUT2D eigenvalue weighted by molar-refractivity contribution is 6.03. The van der Waals surface area contributed by atoms with Crippen LogP contribution in [-0.2, 0) is 4.79 Å². The SMILES string of the molecule is NC(=O)c1c(-c2ccc(Oc3ccccc3)cc2)nn2c1NCCC2C1CCN(C(=O)C=CCN2CCCCC2)CC1. The summed E-state index contributed by atoms with van der Waals surface area (Å²) < 4.78 is 7.92. The molecule has 6 rings (SSSR count). The van der Waals surface area contributed by atoms with Crippen molar-refractivity contribution in [1.29, 1.82) is 0 Å². The van der Waals surface area contributed by atoms with Crippen LogP contribution >= 0.6 is 0 Å². The van der Waals surface area contributed by atoms with Gasteiger partial charge in [0.2, 0.25) is 5.91 Å². The number of para-hydroxylation sites is 1. The first-order valence-corrected chi connectivity index (χ1v) is 15.2. The Morgan fingerprint density at radius 1 is 0.929 bits per heavy atom. The Morgan fingerprint density at radius 3 is 2.36 bits per heavy atom. The summed E-state index contributed by atoms with van der Waals surface area (Å²) in [5, 5.41) is 8.36. The molecular weight excluding hydrogens is 528 g/mol. The maximum Gasteiger partial charge on any atom is 0.254 e. The molecule has 3 aliphatic rings. The van der Waals surface area contributed by atoms with Gasteiger partial charge in [-0.05, 0) is 87.5 Å². The monoisotopic (exact) mass is 568 g/mol. The first kappa shape index (κ1) is 28.0. The van der Waals surface area contributed by atoms with Gasteiger partial charge in [0.05, 0.1) is 6.04 Å². The summed E-state index contributed by atoms with van der Waals surface area (Å²) in [7, 11) is 0. The number of rotatable bonds is 8. The maximum absolute atomic E-state index is 12.9. The molecule has 1 atom stereocenters. The summed E-state index contributed by atoms with van der Waals surface area (Å²) >= 11 is 0. The number of nitrogens with zero attached hydrogens (tertiary/aromatic N) is 4. The smallest absolute Gasteiger partial charge is 0.254 e. The molecule has 220 valence electrons. The summed E-state index contributed by atoms with van der Waals surface area (Å²) in [5.41, 5.74) is 7.71. The molecule has 1 aromatic heterocycles. The number of primary amides is 1. The van der Waals surface area contributed by atoms with Crippen molar-refractivity contribution in [2.75, 3.05) is 44.6 Å². The zero-order chi connectivity index (χ0) is 28.9. The van der Waals surface area contributed by atoms with Crippen LogP contribution in [0.5, 0.6) is 11.5 Å². The van der Waals surface area contributed by atoms with E-state index < -0.39 is 5.91 Å². The van der Waals surface area contributed by atoms with Crippen molar-refractivity contribution in [2.45, 2.75) is 44.6 Å². The van der Waals surface area contributed by atoms with E-state index in [2.05, 4.69) is 10.2 Å². The van der Waals surface area contributed by atoms with Crippen LogP contribution in [-0.4, -0.2) is 70.7 Å². The Balaban J connectivity index is 1.13. The Labute approximate surface area is 247 Å². The number of nitrogens with two attached hydrogens (primary N) is 1. The van der Waals surface area contributed by atoms with Gasteiger partial charge < -0.3 is 20.7 Å². The number of hydrogen-bond acceptors (Lipinski definition) is 6. The van der Waals surface area contributed by atoms with E-state index in [4.69, 9.17) is 15.6 Å². The molecule has 0 spiro atoms. The van der Waals surface area contributed by atoms with E-state index in [0.717, 1.165) is 69.8 Å². The van der Waals surface area contributed by atoms with Crippen LogP contribution in [0.3, 0.4) is 0 Å². The molecule has 2 saturated heterocycles. The van der Waals surface area contributed by atoms with Gasteiger partial charge >= 0.3 is 0 Å². The average Bonchev–Trinajstić information content (AvgIpc) is 3.43. The predicted molar refractivity (Wildman–Crippen MR) is 164 cm³/mol. The van der Waals surface area contributed by atoms with Crippen molar-refractivity contribution in [2.24, 2.45) is 11.7 Å². The minimum Gasteiger partial charge on any atom is -0.457 e. The van der Waals surface area contributed by atoms with Crippen LogP contribution in [0.1, 0.15) is 54.9 Å². The quantitative estimate of drug-likeness (QED) is 0.367. The van der Waals surface area contributed by atoms with Crippen LogP contribution in [0.15, 0.2) is 66.7 Å². The third-order valence-electron chi connectivity index (χ3n) is 8.78. The number of carbonyl (C=O) groups is 2. The number of fused-ring (bicyclic) bond motifs is 1. The Kier molecular flexibility index (Phi) is 8.55. The lowest BCUT2D eigenvalue weighted by atomic mass is 9.87. The highest BCUT2D eigenvalue weighted by Crippen LogP contribution is 2.40. The first-order valence-electron chi connectivity index (χ1n) is 15.2. The lowest BCUT2D eigenvalue weighted by Crippen LogP contribution is -2.41. The molecule has 9 nitrogen and oxygen atoms in total. The van der Waals surface area contributed by atoms with Gasteiger partial charge in [-0.2, -0.15) is 5.10 Å². The maximum atomic E-state index is 12.9. The Morgan fingerprint density at radius 2 is 1.64 bits per heavy atom. The molecule has 2 aromatic carbocycles. The zero-order valence-electron chi connectivity index (χ0n) is 24.1. The molecule has 0 aliphatic carbocycles. The highest BCUT2D eigenvalue weighted by atomic mass is 16.5. The standard InChI is InChI=1S/C33H40N6O3/c34-32(41)30-31(25-11-13-27(14-12-25)42-26-8-3-1-4-9-26)36-39-28(15-18-35-33(30)39)24-16-22-38(23-17-24)29(40)10-7-21-37-19-5-2-6-20-37/h1,3-4,7-14,24,28,35H,2,5-6,15-23H2,(H2,34,41). The number of hydrogen-bond donors (Lipinski definition) is 2. The van der Waals surface area contributed by atoms with Crippen molar-refractivity contribution in [3.05, 3.63) is 72.3 Å². The van der Waals surface area contributed by atoms with Gasteiger partial charge in [-0.1, -0.05) is 30.7 Å². The second kappa shape index (κ2) is 12.8. The lowest BCUT2D eigenvalue weighted by molar-refractivity contribution is -0.127. The van der Waals surface area contributed by atoms with Gasteiger partial charge in [0.25, 0.3) is 5.91 Å². The molecule has 9 heteroatoms. The van der Waals surface area contributed by atoms with Crippen LogP contribution in [0.2, 0.25) is 0 Å². The fraction of sp³-hybridized carbons (Fsp3) is 0.424. The van der Waals surface area contributed by atoms with Gasteiger partial charge in [0.15, 0.2) is 0 Å². The van der Waals surface area contributed by atoms with Crippen LogP contribution in [0.25, 0.3) is 11.3 Å². The Hall–Kier alpha value is -4.11. The van der Waals surface area contributed by atoms with E-state index in [9.17, 15) is 9.59 Å². The van der Waals surface area contributed by atoms with Crippen molar-refractivity contribution in [3.8, 4) is 22.8 Å². The van der Waals surface area contributed by atoms with E-state index in [1.807, 2.05) is 70.3 Å². The predicted octanol–water partition coefficient (Wildman–Crippen LogP) is 5.08. The number of benzene rings is 2. The fourth-order valence-electron chi connectivity index (χ4n) is 6.54. The van der Waals surface area contributed by atoms with Gasteiger partial charge in [0.1, 0.15) is 28.6 Å². The molecule has 4 heterocycles. The van der Waals surface area contributed by atoms with Crippen molar-refractivity contribution >= 4 is 17.6 Å². The molecule has 0 bridgehead atoms. The van der Waals surface area contributed by atoms with E-state index in [-0.39, 0.29) is 11.9 Å². The molecule has 0 saturated carbocycles. The minimum absolute atomic E-state index is 0.105. The molecule has 42 heavy (non-hydrogen) atoms. The molecule has 2 fully saturated rings. The number of anilines is 1. The topological polar surface area (TPSA) is 106 Å². The number of nitrogens with one attached hydrogen (secondary N) is 1. The number of aromatic nitrogens is 2. The zero-order valence-corrected chi connectivity index (χ0v) is 24.1. The van der Waals surface area contributed by atoms with Crippen LogP contribution in [0, 0.1) is 5.92 Å². The largest absolute Gasteiger partial charge is 0.457 e. The average molecular weight is 569 g/mol. The molecule has 3 aliphatic heterocycles. The van der Waals surface area contributed by atoms with E-state index in [1.165, 1.54) is 19.3 Å². The normalized spacial score (nSPS) is 19.8. The summed E-state index contributed by atoms with van der Waals surface area (Å²) in [6, 6.07) is 17.3. The van der Waals surface area contributed by atoms with Crippen LogP contribution < -0.4 is 15.8 Å². The number of ether oxygens (including phenoxy) is 1. The fourth-order valence-corrected chi connectivity index (χ4v) is 6.54. The second-order valence-corrected chi connectivity index (χ2v) is 11.5. The molecule has 1 unspecified atom stereocenters. The molecule has 3 aromatic rings. The van der Waals surface area contributed by atoms with E-state index in [0.29, 0.717) is 28.7 Å². The Bertz CT molecular complexity index is 1400. The molecule has 0 radical (unpaired) electrons. The minimum atomic E-state index is -0.499. The summed E-state index contributed by atoms with van der Waals surface area (Å²) in [5.74, 6) is 2.12. The van der Waals surface area contributed by atoms with Crippen molar-refractivity contribution < 1.29 is 14.3 Å². The molecule has 2 amide bonds. The van der Waals surface area contributed by atoms with Crippen LogP contribution in [0.4, 0.5) is 5.82 Å². The molecular formula is C33H40N6O3. The number of amides is 2. The van der Waals surface area contributed by atoms with Gasteiger partial charge in [-0.3, -0.25) is 14.5 Å². The third kappa shape index (κ3) is 6.21. The third-order valence-corrected chi connectivity index (χ3v) is 8.78. The summed E-state index contributed by atoms with van der Waals surface area (Å²) in [6.45, 7) is 5.32. The highest BCUT2D eigenvalue weighted by Gasteiger charge is 2.35. The van der Waals surface area contributed by atoms with Crippen molar-refractivity contribution in [1.82, 2.24) is 19.6 Å². The summed E-state index contributed by atoms with van der Waals surface area (Å²) in [4.78, 5) is 29.9. The van der Waals surface area contributed by atoms with Gasteiger partial charge in [0, 0.05) is 37.8 Å². The summed E-state index contributed by atoms with van der Waals surface area (Å²) in [6.07, 6.45) is 10.3. The first-order chi connectivity index (χ1) is 20.6. The van der Waals surface area contributed by atoms with Gasteiger partial charge in [-0.15, -0.1) is 0 Å². The van der Waals surface area contributed by atoms with E-state index in [1.54, 1.807) is 6.08 Å². The number of carbonyl (C=O) groups excluding carboxylic acids is 2. The second-order valence-electron chi connectivity index (χ2n) is 11.5. The number of piperidine rings is 2. The van der Waals surface area contributed by atoms with E-state index >= 15 is 0 Å². The van der Waals surface area contributed by atoms with Crippen molar-refractivity contribution in [3.63, 3.8) is 0 Å². The van der Waals surface area contributed by atoms with Gasteiger partial charge in [-0.25, -0.2) is 4.68 Å². The number of likely N-dealkylation sites (tertiary alicyclic amines) is 2. The lowest BCUT2D eigenvalue weighted by Gasteiger charge is -2.38. The molecule has 3 N–H and O–H groups in total.